The average Bonchev–Trinajstić information content (AvgIpc) is 1.93. The van der Waals surface area contributed by atoms with Crippen LogP contribution < -0.4 is 12.4 Å². The molecule has 2 fully saturated rings. The number of rotatable bonds is 0. The number of hydrogen-bond donors (Lipinski definition) is 0. The molecule has 0 aromatic carbocycles. The Morgan fingerprint density at radius 3 is 1.92 bits per heavy atom. The van der Waals surface area contributed by atoms with E-state index in [1.165, 1.54) is 38.5 Å². The molecule has 0 amide bonds. The van der Waals surface area contributed by atoms with Crippen LogP contribution in [0.5, 0.6) is 0 Å². The molecule has 0 radical (unpaired) electrons. The van der Waals surface area contributed by atoms with E-state index < -0.39 is 0 Å². The topological polar surface area (TPSA) is 0 Å². The lowest BCUT2D eigenvalue weighted by atomic mass is 9.82. The van der Waals surface area contributed by atoms with Crippen molar-refractivity contribution in [2.45, 2.75) is 49.6 Å². The van der Waals surface area contributed by atoms with Gasteiger partial charge < -0.3 is 16.9 Å². The molecule has 2 aliphatic heterocycles. The summed E-state index contributed by atoms with van der Waals surface area (Å²) in [6, 6.07) is 0.838. The van der Waals surface area contributed by atoms with Crippen molar-refractivity contribution < 1.29 is 16.9 Å². The first-order valence-electron chi connectivity index (χ1n) is 5.09. The lowest BCUT2D eigenvalue weighted by Crippen LogP contribution is -3.00. The third-order valence-electron chi connectivity index (χ3n) is 4.14. The fraction of sp³-hybridized carbons (Fsp3) is 1.00. The van der Waals surface area contributed by atoms with Gasteiger partial charge in [0.1, 0.15) is 0 Å². The van der Waals surface area contributed by atoms with Crippen molar-refractivity contribution in [3.8, 4) is 0 Å². The third-order valence-corrected chi connectivity index (χ3v) is 4.95. The standard InChI is InChI=1S/C10H19ClN.ClH/c1-12(2)9-5-3-7-10(12,11)8-4-6-9;/h9H,3-8H2,1-2H3;1H/q+1;/p-1. The van der Waals surface area contributed by atoms with Crippen LogP contribution in [0.25, 0.3) is 0 Å². The first-order valence-corrected chi connectivity index (χ1v) is 5.47. The van der Waals surface area contributed by atoms with Gasteiger partial charge in [-0.2, -0.15) is 0 Å². The Labute approximate surface area is 92.4 Å². The summed E-state index contributed by atoms with van der Waals surface area (Å²) in [6.07, 6.45) is 7.91. The molecule has 3 heteroatoms. The molecule has 2 heterocycles. The maximum atomic E-state index is 6.67. The summed E-state index contributed by atoms with van der Waals surface area (Å²) < 4.78 is 1.06. The molecule has 2 saturated heterocycles. The molecule has 0 saturated carbocycles. The van der Waals surface area contributed by atoms with Crippen LogP contribution in [0.15, 0.2) is 0 Å². The molecule has 0 unspecified atom stereocenters. The Balaban J connectivity index is 0.000000845. The molecule has 2 rings (SSSR count). The zero-order valence-corrected chi connectivity index (χ0v) is 10.0. The molecule has 0 atom stereocenters. The van der Waals surface area contributed by atoms with Crippen LogP contribution in [0.1, 0.15) is 38.5 Å². The van der Waals surface area contributed by atoms with E-state index in [-0.39, 0.29) is 17.4 Å². The average molecular weight is 224 g/mol. The van der Waals surface area contributed by atoms with Crippen molar-refractivity contribution in [1.29, 1.82) is 0 Å². The second kappa shape index (κ2) is 3.60. The van der Waals surface area contributed by atoms with Crippen LogP contribution >= 0.6 is 11.6 Å². The van der Waals surface area contributed by atoms with Gasteiger partial charge in [0.2, 0.25) is 0 Å². The highest BCUT2D eigenvalue weighted by atomic mass is 35.5. The van der Waals surface area contributed by atoms with Gasteiger partial charge in [-0.15, -0.1) is 0 Å². The van der Waals surface area contributed by atoms with Gasteiger partial charge in [-0.05, 0) is 25.7 Å². The minimum absolute atomic E-state index is 0. The smallest absolute Gasteiger partial charge is 0.174 e. The summed E-state index contributed by atoms with van der Waals surface area (Å²) in [5.74, 6) is 0. The molecule has 2 bridgehead atoms. The van der Waals surface area contributed by atoms with Crippen molar-refractivity contribution in [2.75, 3.05) is 14.1 Å². The minimum Gasteiger partial charge on any atom is -1.00 e. The van der Waals surface area contributed by atoms with Gasteiger partial charge >= 0.3 is 0 Å². The zero-order chi connectivity index (χ0) is 8.82. The number of piperidine rings is 2. The van der Waals surface area contributed by atoms with E-state index in [9.17, 15) is 0 Å². The zero-order valence-electron chi connectivity index (χ0n) is 8.52. The van der Waals surface area contributed by atoms with E-state index in [0.717, 1.165) is 10.5 Å². The normalized spacial score (nSPS) is 42.2. The molecule has 0 spiro atoms. The van der Waals surface area contributed by atoms with E-state index in [4.69, 9.17) is 11.6 Å². The molecular formula is C10H19Cl2N. The van der Waals surface area contributed by atoms with Crippen molar-refractivity contribution in [1.82, 2.24) is 0 Å². The SMILES string of the molecule is C[N+]1(C)C2CCCC1(Cl)CCC2.[Cl-]. The molecule has 0 aromatic rings. The number of alkyl halides is 1. The van der Waals surface area contributed by atoms with E-state index in [1.54, 1.807) is 0 Å². The number of halogens is 2. The van der Waals surface area contributed by atoms with Crippen molar-refractivity contribution in [2.24, 2.45) is 0 Å². The van der Waals surface area contributed by atoms with Gasteiger partial charge in [-0.3, -0.25) is 0 Å². The number of fused-ring (bicyclic) bond motifs is 2. The Kier molecular flexibility index (Phi) is 3.22. The fourth-order valence-electron chi connectivity index (χ4n) is 3.04. The monoisotopic (exact) mass is 223 g/mol. The van der Waals surface area contributed by atoms with Crippen LogP contribution in [0.4, 0.5) is 0 Å². The number of nitrogens with zero attached hydrogens (tertiary/aromatic N) is 1. The predicted molar refractivity (Wildman–Crippen MR) is 52.2 cm³/mol. The molecule has 0 N–H and O–H groups in total. The quantitative estimate of drug-likeness (QED) is 0.302. The van der Waals surface area contributed by atoms with Gasteiger partial charge in [-0.25, -0.2) is 0 Å². The maximum absolute atomic E-state index is 6.67. The van der Waals surface area contributed by atoms with Crippen LogP contribution in [0.2, 0.25) is 0 Å². The van der Waals surface area contributed by atoms with Crippen molar-refractivity contribution in [3.63, 3.8) is 0 Å². The molecule has 78 valence electrons. The Morgan fingerprint density at radius 1 is 1.15 bits per heavy atom. The number of hydrogen-bond acceptors (Lipinski definition) is 0. The fourth-order valence-corrected chi connectivity index (χ4v) is 3.44. The first-order chi connectivity index (χ1) is 5.56. The van der Waals surface area contributed by atoms with Gasteiger partial charge in [0, 0.05) is 12.8 Å². The second-order valence-corrected chi connectivity index (χ2v) is 5.60. The van der Waals surface area contributed by atoms with Gasteiger partial charge in [-0.1, -0.05) is 11.6 Å². The largest absolute Gasteiger partial charge is 1.00 e. The van der Waals surface area contributed by atoms with E-state index in [2.05, 4.69) is 14.1 Å². The lowest BCUT2D eigenvalue weighted by molar-refractivity contribution is -0.961. The van der Waals surface area contributed by atoms with Gasteiger partial charge in [0.05, 0.1) is 20.1 Å². The van der Waals surface area contributed by atoms with E-state index in [0.29, 0.717) is 0 Å². The highest BCUT2D eigenvalue weighted by Gasteiger charge is 2.53. The number of quaternary nitrogens is 1. The van der Waals surface area contributed by atoms with Crippen LogP contribution in [0.3, 0.4) is 0 Å². The van der Waals surface area contributed by atoms with Crippen molar-refractivity contribution >= 4 is 11.6 Å². The van der Waals surface area contributed by atoms with Gasteiger partial charge in [0.25, 0.3) is 0 Å². The molecule has 1 nitrogen and oxygen atoms in total. The minimum atomic E-state index is 0. The summed E-state index contributed by atoms with van der Waals surface area (Å²) >= 11 is 6.67. The Morgan fingerprint density at radius 2 is 1.62 bits per heavy atom. The van der Waals surface area contributed by atoms with Crippen LogP contribution in [-0.2, 0) is 0 Å². The first kappa shape index (κ1) is 11.6. The summed E-state index contributed by atoms with van der Waals surface area (Å²) in [7, 11) is 4.63. The summed E-state index contributed by atoms with van der Waals surface area (Å²) in [6.45, 7) is 0. The summed E-state index contributed by atoms with van der Waals surface area (Å²) in [5, 5.41) is 0. The van der Waals surface area contributed by atoms with Crippen LogP contribution in [-0.4, -0.2) is 29.6 Å². The highest BCUT2D eigenvalue weighted by molar-refractivity contribution is 6.22. The molecule has 0 aliphatic carbocycles. The molecular weight excluding hydrogens is 205 g/mol. The second-order valence-electron chi connectivity index (χ2n) is 4.90. The molecule has 13 heavy (non-hydrogen) atoms. The predicted octanol–water partition coefficient (Wildman–Crippen LogP) is -0.262. The molecule has 0 aromatic heterocycles. The van der Waals surface area contributed by atoms with E-state index in [1.807, 2.05) is 0 Å². The van der Waals surface area contributed by atoms with Gasteiger partial charge in [0.15, 0.2) is 5.00 Å². The molecule has 2 aliphatic rings. The Bertz CT molecular complexity index is 179. The maximum Gasteiger partial charge on any atom is 0.174 e. The van der Waals surface area contributed by atoms with E-state index >= 15 is 0 Å². The highest BCUT2D eigenvalue weighted by Crippen LogP contribution is 2.47. The lowest BCUT2D eigenvalue weighted by Gasteiger charge is -2.56. The van der Waals surface area contributed by atoms with Crippen molar-refractivity contribution in [3.05, 3.63) is 0 Å². The van der Waals surface area contributed by atoms with Crippen LogP contribution in [0, 0.1) is 0 Å². The Hall–Kier alpha value is 0.540. The summed E-state index contributed by atoms with van der Waals surface area (Å²) in [5.41, 5.74) is 0. The third kappa shape index (κ3) is 1.60. The summed E-state index contributed by atoms with van der Waals surface area (Å²) in [4.78, 5) is 0.0845.